The molecule has 0 aliphatic rings. The highest BCUT2D eigenvalue weighted by molar-refractivity contribution is 6.31. The third-order valence-electron chi connectivity index (χ3n) is 1.35. The molecule has 1 aromatic rings. The summed E-state index contributed by atoms with van der Waals surface area (Å²) < 4.78 is 24.4. The highest BCUT2D eigenvalue weighted by Crippen LogP contribution is 2.26. The van der Waals surface area contributed by atoms with Gasteiger partial charge in [0.2, 0.25) is 0 Å². The minimum absolute atomic E-state index is 0.0237. The molecule has 1 aromatic heterocycles. The number of hydrogen-bond donors (Lipinski definition) is 1. The Morgan fingerprint density at radius 1 is 1.62 bits per heavy atom. The SMILES string of the molecule is N#Cc1nc(C(F)F)c(N)cc1Cl. The first-order chi connectivity index (χ1) is 6.06. The normalized spacial score (nSPS) is 10.1. The summed E-state index contributed by atoms with van der Waals surface area (Å²) in [5.74, 6) is 0. The number of nitrogen functional groups attached to an aromatic ring is 1. The average molecular weight is 204 g/mol. The number of hydrogen-bond acceptors (Lipinski definition) is 3. The van der Waals surface area contributed by atoms with Crippen LogP contribution in [0.5, 0.6) is 0 Å². The molecule has 1 heterocycles. The maximum Gasteiger partial charge on any atom is 0.282 e. The third-order valence-corrected chi connectivity index (χ3v) is 1.64. The smallest absolute Gasteiger partial charge is 0.282 e. The minimum atomic E-state index is -2.80. The van der Waals surface area contributed by atoms with Crippen molar-refractivity contribution in [2.24, 2.45) is 0 Å². The van der Waals surface area contributed by atoms with Crippen molar-refractivity contribution in [3.63, 3.8) is 0 Å². The lowest BCUT2D eigenvalue weighted by Crippen LogP contribution is -2.00. The van der Waals surface area contributed by atoms with Gasteiger partial charge in [0.05, 0.1) is 10.7 Å². The molecule has 0 aromatic carbocycles. The van der Waals surface area contributed by atoms with Crippen molar-refractivity contribution in [3.8, 4) is 6.07 Å². The maximum absolute atomic E-state index is 12.2. The Balaban J connectivity index is 3.33. The van der Waals surface area contributed by atoms with Gasteiger partial charge in [0.1, 0.15) is 11.8 Å². The van der Waals surface area contributed by atoms with Gasteiger partial charge in [-0.05, 0) is 6.07 Å². The monoisotopic (exact) mass is 203 g/mol. The van der Waals surface area contributed by atoms with E-state index in [1.807, 2.05) is 0 Å². The lowest BCUT2D eigenvalue weighted by molar-refractivity contribution is 0.147. The number of pyridine rings is 1. The summed E-state index contributed by atoms with van der Waals surface area (Å²) in [6.07, 6.45) is -2.80. The van der Waals surface area contributed by atoms with Gasteiger partial charge in [-0.15, -0.1) is 0 Å². The third kappa shape index (κ3) is 1.84. The molecule has 0 unspecified atom stereocenters. The Hall–Kier alpha value is -1.41. The molecule has 0 amide bonds. The molecule has 0 saturated heterocycles. The second kappa shape index (κ2) is 3.54. The van der Waals surface area contributed by atoms with E-state index in [1.54, 1.807) is 6.07 Å². The average Bonchev–Trinajstić information content (AvgIpc) is 2.03. The van der Waals surface area contributed by atoms with Crippen LogP contribution in [0.3, 0.4) is 0 Å². The predicted molar refractivity (Wildman–Crippen MR) is 43.3 cm³/mol. The number of halogens is 3. The standard InChI is InChI=1S/C7H4ClF2N3/c8-3-1-4(12)6(7(9)10)13-5(3)2-11/h1,7H,12H2. The zero-order valence-electron chi connectivity index (χ0n) is 6.26. The molecule has 13 heavy (non-hydrogen) atoms. The molecule has 0 aliphatic carbocycles. The summed E-state index contributed by atoms with van der Waals surface area (Å²) >= 11 is 5.50. The maximum atomic E-state index is 12.2. The number of rotatable bonds is 1. The zero-order chi connectivity index (χ0) is 10.0. The van der Waals surface area contributed by atoms with Gasteiger partial charge in [0.25, 0.3) is 6.43 Å². The molecule has 0 saturated carbocycles. The van der Waals surface area contributed by atoms with Crippen LogP contribution in [0.4, 0.5) is 14.5 Å². The Kier molecular flexibility index (Phi) is 2.63. The topological polar surface area (TPSA) is 62.7 Å². The van der Waals surface area contributed by atoms with E-state index in [0.29, 0.717) is 0 Å². The molecule has 6 heteroatoms. The lowest BCUT2D eigenvalue weighted by atomic mass is 10.2. The Morgan fingerprint density at radius 2 is 2.23 bits per heavy atom. The molecule has 0 aliphatic heterocycles. The fourth-order valence-electron chi connectivity index (χ4n) is 0.770. The van der Waals surface area contributed by atoms with Gasteiger partial charge in [-0.1, -0.05) is 11.6 Å². The van der Waals surface area contributed by atoms with Crippen molar-refractivity contribution < 1.29 is 8.78 Å². The van der Waals surface area contributed by atoms with Gasteiger partial charge < -0.3 is 5.73 Å². The van der Waals surface area contributed by atoms with Gasteiger partial charge in [0.15, 0.2) is 5.69 Å². The molecule has 2 N–H and O–H groups in total. The fourth-order valence-corrected chi connectivity index (χ4v) is 0.972. The van der Waals surface area contributed by atoms with E-state index in [1.165, 1.54) is 0 Å². The van der Waals surface area contributed by atoms with Gasteiger partial charge in [-0.25, -0.2) is 13.8 Å². The van der Waals surface area contributed by atoms with Crippen LogP contribution in [0, 0.1) is 11.3 Å². The molecule has 1 rings (SSSR count). The van der Waals surface area contributed by atoms with Crippen LogP contribution in [0.25, 0.3) is 0 Å². The summed E-state index contributed by atoms with van der Waals surface area (Å²) in [5.41, 5.74) is 4.15. The van der Waals surface area contributed by atoms with Crippen LogP contribution in [0.1, 0.15) is 17.8 Å². The number of aromatic nitrogens is 1. The van der Waals surface area contributed by atoms with Gasteiger partial charge in [0, 0.05) is 0 Å². The summed E-state index contributed by atoms with van der Waals surface area (Å²) in [5, 5.41) is 8.41. The zero-order valence-corrected chi connectivity index (χ0v) is 7.02. The summed E-state index contributed by atoms with van der Waals surface area (Å²) in [4.78, 5) is 3.32. The first kappa shape index (κ1) is 9.68. The van der Waals surface area contributed by atoms with Crippen molar-refractivity contribution in [2.75, 3.05) is 5.73 Å². The van der Waals surface area contributed by atoms with E-state index in [9.17, 15) is 8.78 Å². The fraction of sp³-hybridized carbons (Fsp3) is 0.143. The molecule has 0 radical (unpaired) electrons. The van der Waals surface area contributed by atoms with E-state index in [2.05, 4.69) is 4.98 Å². The van der Waals surface area contributed by atoms with Crippen molar-refractivity contribution in [2.45, 2.75) is 6.43 Å². The van der Waals surface area contributed by atoms with E-state index in [4.69, 9.17) is 22.6 Å². The van der Waals surface area contributed by atoms with Gasteiger partial charge >= 0.3 is 0 Å². The predicted octanol–water partition coefficient (Wildman–Crippen LogP) is 2.13. The summed E-state index contributed by atoms with van der Waals surface area (Å²) in [6, 6.07) is 2.68. The molecule has 0 spiro atoms. The van der Waals surface area contributed by atoms with Crippen LogP contribution in [-0.4, -0.2) is 4.98 Å². The first-order valence-electron chi connectivity index (χ1n) is 3.20. The molecule has 68 valence electrons. The van der Waals surface area contributed by atoms with Crippen LogP contribution in [0.15, 0.2) is 6.07 Å². The Labute approximate surface area is 77.7 Å². The molecular weight excluding hydrogens is 200 g/mol. The summed E-state index contributed by atoms with van der Waals surface area (Å²) in [6.45, 7) is 0. The molecule has 0 fully saturated rings. The second-order valence-electron chi connectivity index (χ2n) is 2.21. The van der Waals surface area contributed by atoms with E-state index >= 15 is 0 Å². The van der Waals surface area contributed by atoms with E-state index in [0.717, 1.165) is 6.07 Å². The number of nitrogens with zero attached hydrogens (tertiary/aromatic N) is 2. The molecule has 0 atom stereocenters. The van der Waals surface area contributed by atoms with Crippen LogP contribution in [0.2, 0.25) is 5.02 Å². The number of nitriles is 1. The van der Waals surface area contributed by atoms with Crippen molar-refractivity contribution >= 4 is 17.3 Å². The van der Waals surface area contributed by atoms with Crippen LogP contribution < -0.4 is 5.73 Å². The highest BCUT2D eigenvalue weighted by atomic mass is 35.5. The van der Waals surface area contributed by atoms with E-state index < -0.39 is 12.1 Å². The lowest BCUT2D eigenvalue weighted by Gasteiger charge is -2.04. The number of anilines is 1. The highest BCUT2D eigenvalue weighted by Gasteiger charge is 2.16. The van der Waals surface area contributed by atoms with E-state index in [-0.39, 0.29) is 16.4 Å². The molecule has 0 bridgehead atoms. The van der Waals surface area contributed by atoms with Crippen molar-refractivity contribution in [1.29, 1.82) is 5.26 Å². The molecule has 3 nitrogen and oxygen atoms in total. The van der Waals surface area contributed by atoms with Gasteiger partial charge in [-0.3, -0.25) is 0 Å². The quantitative estimate of drug-likeness (QED) is 0.761. The second-order valence-corrected chi connectivity index (χ2v) is 2.61. The van der Waals surface area contributed by atoms with Crippen molar-refractivity contribution in [3.05, 3.63) is 22.5 Å². The minimum Gasteiger partial charge on any atom is -0.397 e. The largest absolute Gasteiger partial charge is 0.397 e. The Morgan fingerprint density at radius 3 is 2.69 bits per heavy atom. The van der Waals surface area contributed by atoms with Gasteiger partial charge in [-0.2, -0.15) is 5.26 Å². The number of alkyl halides is 2. The number of nitrogens with two attached hydrogens (primary N) is 1. The van der Waals surface area contributed by atoms with Crippen LogP contribution >= 0.6 is 11.6 Å². The Bertz CT molecular complexity index is 373. The van der Waals surface area contributed by atoms with Crippen LogP contribution in [-0.2, 0) is 0 Å². The summed E-state index contributed by atoms with van der Waals surface area (Å²) in [7, 11) is 0. The van der Waals surface area contributed by atoms with Crippen molar-refractivity contribution in [1.82, 2.24) is 4.98 Å². The molecular formula is C7H4ClF2N3. The first-order valence-corrected chi connectivity index (χ1v) is 3.58.